The number of benzene rings is 2. The lowest BCUT2D eigenvalue weighted by atomic mass is 9.86. The van der Waals surface area contributed by atoms with E-state index in [2.05, 4.69) is 60.8 Å². The molecule has 0 aliphatic rings. The first-order chi connectivity index (χ1) is 17.4. The maximum atomic E-state index is 13.4. The molecule has 2 N–H and O–H groups in total. The van der Waals surface area contributed by atoms with Crippen LogP contribution in [0.3, 0.4) is 0 Å². The third kappa shape index (κ3) is 8.23. The van der Waals surface area contributed by atoms with E-state index in [9.17, 15) is 18.4 Å². The fraction of sp³-hybridized carbons (Fsp3) is 0.414. The predicted molar refractivity (Wildman–Crippen MR) is 139 cm³/mol. The van der Waals surface area contributed by atoms with Crippen LogP contribution < -0.4 is 10.6 Å². The summed E-state index contributed by atoms with van der Waals surface area (Å²) in [6.07, 6.45) is 1.54. The number of aromatic nitrogens is 1. The Morgan fingerprint density at radius 2 is 1.65 bits per heavy atom. The van der Waals surface area contributed by atoms with Gasteiger partial charge in [-0.05, 0) is 47.1 Å². The first kappa shape index (κ1) is 28.0. The van der Waals surface area contributed by atoms with E-state index in [1.165, 1.54) is 11.1 Å². The Morgan fingerprint density at radius 1 is 1.00 bits per heavy atom. The highest BCUT2D eigenvalue weighted by atomic mass is 19.1. The van der Waals surface area contributed by atoms with Gasteiger partial charge in [-0.1, -0.05) is 70.5 Å². The van der Waals surface area contributed by atoms with E-state index >= 15 is 0 Å². The third-order valence-corrected chi connectivity index (χ3v) is 6.14. The molecule has 1 heterocycles. The van der Waals surface area contributed by atoms with Gasteiger partial charge in [0.15, 0.2) is 5.82 Å². The van der Waals surface area contributed by atoms with E-state index in [0.717, 1.165) is 24.6 Å². The van der Waals surface area contributed by atoms with Gasteiger partial charge in [-0.15, -0.1) is 0 Å². The number of rotatable bonds is 10. The average Bonchev–Trinajstić information content (AvgIpc) is 3.26. The van der Waals surface area contributed by atoms with Crippen molar-refractivity contribution in [2.24, 2.45) is 0 Å². The lowest BCUT2D eigenvalue weighted by Gasteiger charge is -2.19. The molecule has 1 aromatic heterocycles. The summed E-state index contributed by atoms with van der Waals surface area (Å²) in [7, 11) is 0. The molecule has 0 saturated carbocycles. The Labute approximate surface area is 216 Å². The molecule has 0 spiro atoms. The van der Waals surface area contributed by atoms with Crippen molar-refractivity contribution < 1.29 is 22.9 Å². The van der Waals surface area contributed by atoms with E-state index in [1.54, 1.807) is 6.07 Å². The maximum absolute atomic E-state index is 13.4. The minimum atomic E-state index is -0.824. The smallest absolute Gasteiger partial charge is 0.248 e. The van der Waals surface area contributed by atoms with Crippen LogP contribution in [0, 0.1) is 11.6 Å². The summed E-state index contributed by atoms with van der Waals surface area (Å²) >= 11 is 0. The van der Waals surface area contributed by atoms with Crippen LogP contribution in [0.15, 0.2) is 53.1 Å². The molecule has 0 saturated heterocycles. The van der Waals surface area contributed by atoms with Crippen molar-refractivity contribution in [1.29, 1.82) is 0 Å². The normalized spacial score (nSPS) is 13.2. The van der Waals surface area contributed by atoms with E-state index < -0.39 is 29.5 Å². The van der Waals surface area contributed by atoms with Gasteiger partial charge in [-0.25, -0.2) is 8.78 Å². The molecular weight excluding hydrogens is 476 g/mol. The van der Waals surface area contributed by atoms with Crippen molar-refractivity contribution in [2.45, 2.75) is 77.7 Å². The Balaban J connectivity index is 1.58. The maximum Gasteiger partial charge on any atom is 0.248 e. The van der Waals surface area contributed by atoms with Crippen LogP contribution in [-0.4, -0.2) is 23.0 Å². The van der Waals surface area contributed by atoms with Crippen molar-refractivity contribution in [3.8, 4) is 0 Å². The van der Waals surface area contributed by atoms with Crippen LogP contribution in [0.25, 0.3) is 0 Å². The number of hydrogen-bond acceptors (Lipinski definition) is 4. The number of carbonyl (C=O) groups excluding carboxylic acids is 2. The molecule has 2 atom stereocenters. The number of amides is 2. The summed E-state index contributed by atoms with van der Waals surface area (Å²) in [5.74, 6) is -1.53. The summed E-state index contributed by atoms with van der Waals surface area (Å²) < 4.78 is 32.3. The lowest BCUT2D eigenvalue weighted by Crippen LogP contribution is -2.44. The zero-order valence-corrected chi connectivity index (χ0v) is 22.0. The quantitative estimate of drug-likeness (QED) is 0.346. The van der Waals surface area contributed by atoms with Crippen LogP contribution in [0.4, 0.5) is 14.6 Å². The minimum Gasteiger partial charge on any atom is -0.359 e. The second-order valence-electron chi connectivity index (χ2n) is 10.5. The van der Waals surface area contributed by atoms with Gasteiger partial charge in [0.25, 0.3) is 0 Å². The zero-order chi connectivity index (χ0) is 27.2. The van der Waals surface area contributed by atoms with E-state index in [1.807, 2.05) is 13.8 Å². The number of halogens is 2. The van der Waals surface area contributed by atoms with Gasteiger partial charge in [0.05, 0.1) is 6.42 Å². The Bertz CT molecular complexity index is 1200. The predicted octanol–water partition coefficient (Wildman–Crippen LogP) is 6.06. The average molecular weight is 512 g/mol. The Kier molecular flexibility index (Phi) is 9.18. The molecule has 0 aliphatic heterocycles. The van der Waals surface area contributed by atoms with Crippen molar-refractivity contribution in [1.82, 2.24) is 10.5 Å². The Hall–Kier alpha value is -3.55. The highest BCUT2D eigenvalue weighted by Crippen LogP contribution is 2.26. The summed E-state index contributed by atoms with van der Waals surface area (Å²) in [5.41, 5.74) is 2.72. The van der Waals surface area contributed by atoms with Crippen molar-refractivity contribution in [3.05, 3.63) is 82.6 Å². The summed E-state index contributed by atoms with van der Waals surface area (Å²) in [6, 6.07) is 12.3. The summed E-state index contributed by atoms with van der Waals surface area (Å²) in [5, 5.41) is 9.32. The van der Waals surface area contributed by atoms with Crippen LogP contribution in [0.1, 0.15) is 75.8 Å². The molecule has 198 valence electrons. The van der Waals surface area contributed by atoms with Crippen LogP contribution >= 0.6 is 0 Å². The summed E-state index contributed by atoms with van der Waals surface area (Å²) in [4.78, 5) is 25.3. The second kappa shape index (κ2) is 12.1. The minimum absolute atomic E-state index is 0.0384. The number of hydrogen-bond donors (Lipinski definition) is 2. The SMILES string of the molecule is CCCC(NC(=O)Cc1cc(F)cc(F)c1)C(=O)Nc1cc(C(C)Cc2ccc(C(C)(C)C)cc2)on1. The van der Waals surface area contributed by atoms with Gasteiger partial charge >= 0.3 is 0 Å². The largest absolute Gasteiger partial charge is 0.359 e. The molecule has 0 fully saturated rings. The van der Waals surface area contributed by atoms with Crippen LogP contribution in [-0.2, 0) is 27.8 Å². The van der Waals surface area contributed by atoms with Crippen molar-refractivity contribution in [3.63, 3.8) is 0 Å². The van der Waals surface area contributed by atoms with E-state index in [4.69, 9.17) is 4.52 Å². The number of anilines is 1. The van der Waals surface area contributed by atoms with Crippen LogP contribution in [0.5, 0.6) is 0 Å². The fourth-order valence-corrected chi connectivity index (χ4v) is 4.09. The zero-order valence-electron chi connectivity index (χ0n) is 22.0. The molecule has 6 nitrogen and oxygen atoms in total. The second-order valence-corrected chi connectivity index (χ2v) is 10.5. The molecule has 2 unspecified atom stereocenters. The molecular formula is C29H35F2N3O3. The summed E-state index contributed by atoms with van der Waals surface area (Å²) in [6.45, 7) is 10.4. The van der Waals surface area contributed by atoms with Gasteiger partial charge in [-0.2, -0.15) is 0 Å². The molecule has 0 radical (unpaired) electrons. The molecule has 8 heteroatoms. The van der Waals surface area contributed by atoms with E-state index in [0.29, 0.717) is 18.6 Å². The number of nitrogens with one attached hydrogen (secondary N) is 2. The molecule has 2 amide bonds. The topological polar surface area (TPSA) is 84.2 Å². The Morgan fingerprint density at radius 3 is 2.24 bits per heavy atom. The lowest BCUT2D eigenvalue weighted by molar-refractivity contribution is -0.126. The van der Waals surface area contributed by atoms with Gasteiger partial charge in [-0.3, -0.25) is 9.59 Å². The monoisotopic (exact) mass is 511 g/mol. The van der Waals surface area contributed by atoms with Gasteiger partial charge in [0.2, 0.25) is 11.8 Å². The van der Waals surface area contributed by atoms with Crippen molar-refractivity contribution in [2.75, 3.05) is 5.32 Å². The molecule has 3 aromatic rings. The van der Waals surface area contributed by atoms with Gasteiger partial charge in [0.1, 0.15) is 23.4 Å². The molecule has 0 aliphatic carbocycles. The first-order valence-corrected chi connectivity index (χ1v) is 12.6. The van der Waals surface area contributed by atoms with E-state index in [-0.39, 0.29) is 29.1 Å². The molecule has 3 rings (SSSR count). The number of nitrogens with zero attached hydrogens (tertiary/aromatic N) is 1. The third-order valence-electron chi connectivity index (χ3n) is 6.14. The molecule has 2 aromatic carbocycles. The number of carbonyl (C=O) groups is 2. The highest BCUT2D eigenvalue weighted by molar-refractivity contribution is 5.96. The standard InChI is InChI=1S/C29H35F2N3O3/c1-6-7-24(32-27(35)15-20-13-22(30)16-23(31)14-20)28(36)33-26-17-25(37-34-26)18(2)12-19-8-10-21(11-9-19)29(3,4)5/h8-11,13-14,16-18,24H,6-7,12,15H2,1-5H3,(H,32,35)(H,33,34,36). The molecule has 37 heavy (non-hydrogen) atoms. The van der Waals surface area contributed by atoms with Crippen molar-refractivity contribution >= 4 is 17.6 Å². The van der Waals surface area contributed by atoms with Gasteiger partial charge in [0, 0.05) is 18.1 Å². The highest BCUT2D eigenvalue weighted by Gasteiger charge is 2.22. The fourth-order valence-electron chi connectivity index (χ4n) is 4.09. The van der Waals surface area contributed by atoms with Gasteiger partial charge < -0.3 is 15.2 Å². The molecule has 0 bridgehead atoms. The van der Waals surface area contributed by atoms with Crippen LogP contribution in [0.2, 0.25) is 0 Å². The first-order valence-electron chi connectivity index (χ1n) is 12.6.